The Hall–Kier alpha value is -2.33. The largest absolute Gasteiger partial charge is 0.376 e. The Morgan fingerprint density at radius 3 is 2.87 bits per heavy atom. The first kappa shape index (κ1) is 14.3. The van der Waals surface area contributed by atoms with Gasteiger partial charge in [-0.25, -0.2) is 0 Å². The van der Waals surface area contributed by atoms with Crippen LogP contribution in [0.1, 0.15) is 29.5 Å². The molecule has 23 heavy (non-hydrogen) atoms. The number of nitrogens with one attached hydrogen (secondary N) is 1. The van der Waals surface area contributed by atoms with Crippen LogP contribution in [-0.4, -0.2) is 4.92 Å². The first-order valence-electron chi connectivity index (χ1n) is 7.61. The second-order valence-corrected chi connectivity index (χ2v) is 6.44. The number of rotatable bonds is 2. The lowest BCUT2D eigenvalue weighted by atomic mass is 9.77. The lowest BCUT2D eigenvalue weighted by molar-refractivity contribution is -0.384. The number of nitro benzene ring substituents is 1. The fourth-order valence-electron chi connectivity index (χ4n) is 3.75. The molecule has 2 aromatic rings. The van der Waals surface area contributed by atoms with E-state index >= 15 is 0 Å². The highest BCUT2D eigenvalue weighted by Crippen LogP contribution is 2.51. The minimum Gasteiger partial charge on any atom is -0.376 e. The smallest absolute Gasteiger partial charge is 0.269 e. The third-order valence-electron chi connectivity index (χ3n) is 4.79. The van der Waals surface area contributed by atoms with Crippen LogP contribution in [0.25, 0.3) is 0 Å². The van der Waals surface area contributed by atoms with Gasteiger partial charge in [0.05, 0.1) is 21.7 Å². The first-order chi connectivity index (χ1) is 11.1. The van der Waals surface area contributed by atoms with E-state index in [0.717, 1.165) is 17.7 Å². The second-order valence-electron chi connectivity index (χ2n) is 6.03. The summed E-state index contributed by atoms with van der Waals surface area (Å²) in [5, 5.41) is 15.3. The topological polar surface area (TPSA) is 55.2 Å². The molecule has 0 spiro atoms. The third-order valence-corrected chi connectivity index (χ3v) is 5.10. The van der Waals surface area contributed by atoms with E-state index in [9.17, 15) is 10.1 Å². The number of allylic oxidation sites excluding steroid dienone is 2. The van der Waals surface area contributed by atoms with Gasteiger partial charge in [0.25, 0.3) is 5.69 Å². The van der Waals surface area contributed by atoms with E-state index in [1.807, 2.05) is 18.2 Å². The lowest BCUT2D eigenvalue weighted by Gasteiger charge is -2.37. The zero-order valence-corrected chi connectivity index (χ0v) is 13.0. The van der Waals surface area contributed by atoms with Gasteiger partial charge in [-0.05, 0) is 29.5 Å². The van der Waals surface area contributed by atoms with Crippen LogP contribution < -0.4 is 5.32 Å². The third kappa shape index (κ3) is 2.30. The predicted molar refractivity (Wildman–Crippen MR) is 90.9 cm³/mol. The molecule has 0 aromatic heterocycles. The molecule has 1 aliphatic heterocycles. The van der Waals surface area contributed by atoms with Crippen molar-refractivity contribution >= 4 is 23.0 Å². The van der Waals surface area contributed by atoms with Gasteiger partial charge in [0, 0.05) is 18.1 Å². The van der Waals surface area contributed by atoms with Crippen molar-refractivity contribution in [1.82, 2.24) is 0 Å². The van der Waals surface area contributed by atoms with Crippen LogP contribution in [0.2, 0.25) is 5.02 Å². The molecule has 2 aliphatic rings. The van der Waals surface area contributed by atoms with E-state index < -0.39 is 0 Å². The van der Waals surface area contributed by atoms with E-state index in [1.54, 1.807) is 12.1 Å². The number of halogens is 1. The number of non-ortho nitro benzene ring substituents is 1. The van der Waals surface area contributed by atoms with Crippen molar-refractivity contribution in [3.63, 3.8) is 0 Å². The summed E-state index contributed by atoms with van der Waals surface area (Å²) in [4.78, 5) is 10.7. The summed E-state index contributed by atoms with van der Waals surface area (Å²) in [5.41, 5.74) is 3.21. The molecule has 0 radical (unpaired) electrons. The van der Waals surface area contributed by atoms with Crippen LogP contribution in [0.3, 0.4) is 0 Å². The predicted octanol–water partition coefficient (Wildman–Crippen LogP) is 5.07. The Bertz CT molecular complexity index is 818. The van der Waals surface area contributed by atoms with Crippen molar-refractivity contribution in [3.05, 3.63) is 80.9 Å². The van der Waals surface area contributed by atoms with Crippen molar-refractivity contribution < 1.29 is 4.92 Å². The summed E-state index contributed by atoms with van der Waals surface area (Å²) in [7, 11) is 0. The molecule has 0 amide bonds. The van der Waals surface area contributed by atoms with Crippen molar-refractivity contribution in [2.45, 2.75) is 18.4 Å². The van der Waals surface area contributed by atoms with Crippen LogP contribution in [0.5, 0.6) is 0 Å². The molecule has 4 rings (SSSR count). The zero-order chi connectivity index (χ0) is 16.0. The van der Waals surface area contributed by atoms with Gasteiger partial charge in [0.1, 0.15) is 0 Å². The molecule has 0 fully saturated rings. The average Bonchev–Trinajstić information content (AvgIpc) is 3.04. The molecule has 0 saturated heterocycles. The van der Waals surface area contributed by atoms with E-state index in [-0.39, 0.29) is 16.7 Å². The SMILES string of the molecule is O=[N+]([O-])c1cccc([C@@H]2Nc3c(Cl)cccc3[C@@H]3C=CC[C@H]32)c1. The second kappa shape index (κ2) is 5.39. The Labute approximate surface area is 138 Å². The van der Waals surface area contributed by atoms with Gasteiger partial charge in [-0.15, -0.1) is 0 Å². The molecular weight excluding hydrogens is 312 g/mol. The number of hydrogen-bond acceptors (Lipinski definition) is 3. The minimum absolute atomic E-state index is 0.0160. The molecule has 116 valence electrons. The summed E-state index contributed by atoms with van der Waals surface area (Å²) < 4.78 is 0. The fourth-order valence-corrected chi connectivity index (χ4v) is 3.98. The highest BCUT2D eigenvalue weighted by atomic mass is 35.5. The highest BCUT2D eigenvalue weighted by Gasteiger charge is 2.38. The zero-order valence-electron chi connectivity index (χ0n) is 12.3. The summed E-state index contributed by atoms with van der Waals surface area (Å²) >= 11 is 6.37. The molecule has 3 atom stereocenters. The lowest BCUT2D eigenvalue weighted by Crippen LogP contribution is -2.29. The maximum absolute atomic E-state index is 11.1. The Balaban J connectivity index is 1.80. The molecule has 2 aromatic carbocycles. The van der Waals surface area contributed by atoms with Crippen molar-refractivity contribution in [1.29, 1.82) is 0 Å². The number of fused-ring (bicyclic) bond motifs is 3. The molecule has 1 heterocycles. The van der Waals surface area contributed by atoms with Crippen molar-refractivity contribution in [2.75, 3.05) is 5.32 Å². The maximum atomic E-state index is 11.1. The van der Waals surface area contributed by atoms with Crippen LogP contribution in [0.15, 0.2) is 54.6 Å². The number of nitrogens with zero attached hydrogens (tertiary/aromatic N) is 1. The fraction of sp³-hybridized carbons (Fsp3) is 0.222. The first-order valence-corrected chi connectivity index (χ1v) is 7.99. The molecule has 0 saturated carbocycles. The molecule has 1 aliphatic carbocycles. The van der Waals surface area contributed by atoms with E-state index in [4.69, 9.17) is 11.6 Å². The summed E-state index contributed by atoms with van der Waals surface area (Å²) in [5.74, 6) is 0.650. The van der Waals surface area contributed by atoms with Gasteiger partial charge in [-0.2, -0.15) is 0 Å². The van der Waals surface area contributed by atoms with Gasteiger partial charge >= 0.3 is 0 Å². The standard InChI is InChI=1S/C18H15ClN2O2/c19-16-9-3-8-15-13-6-2-7-14(13)17(20-18(15)16)11-4-1-5-12(10-11)21(22)23/h1-6,8-10,13-14,17,20H,7H2/t13-,14-,17+/m1/s1. The van der Waals surface area contributed by atoms with E-state index in [2.05, 4.69) is 23.5 Å². The van der Waals surface area contributed by atoms with E-state index in [0.29, 0.717) is 16.9 Å². The average molecular weight is 327 g/mol. The molecule has 4 nitrogen and oxygen atoms in total. The summed E-state index contributed by atoms with van der Waals surface area (Å²) in [6, 6.07) is 12.8. The van der Waals surface area contributed by atoms with Crippen molar-refractivity contribution in [3.8, 4) is 0 Å². The highest BCUT2D eigenvalue weighted by molar-refractivity contribution is 6.33. The number of hydrogen-bond donors (Lipinski definition) is 1. The van der Waals surface area contributed by atoms with Gasteiger partial charge in [-0.1, -0.05) is 48.0 Å². The Morgan fingerprint density at radius 1 is 1.22 bits per heavy atom. The molecular formula is C18H15ClN2O2. The van der Waals surface area contributed by atoms with Gasteiger partial charge < -0.3 is 5.32 Å². The molecule has 0 bridgehead atoms. The Kier molecular flexibility index (Phi) is 3.34. The maximum Gasteiger partial charge on any atom is 0.269 e. The number of nitro groups is 1. The number of para-hydroxylation sites is 1. The summed E-state index contributed by atoms with van der Waals surface area (Å²) in [6.45, 7) is 0. The normalized spacial score (nSPS) is 24.7. The molecule has 5 heteroatoms. The molecule has 1 N–H and O–H groups in total. The van der Waals surface area contributed by atoms with Gasteiger partial charge in [0.2, 0.25) is 0 Å². The van der Waals surface area contributed by atoms with Crippen LogP contribution in [-0.2, 0) is 0 Å². The number of benzene rings is 2. The number of anilines is 1. The molecule has 0 unspecified atom stereocenters. The summed E-state index contributed by atoms with van der Waals surface area (Å²) in [6.07, 6.45) is 5.37. The van der Waals surface area contributed by atoms with Crippen molar-refractivity contribution in [2.24, 2.45) is 5.92 Å². The van der Waals surface area contributed by atoms with E-state index in [1.165, 1.54) is 11.6 Å². The Morgan fingerprint density at radius 2 is 2.04 bits per heavy atom. The monoisotopic (exact) mass is 326 g/mol. The van der Waals surface area contributed by atoms with Crippen LogP contribution in [0.4, 0.5) is 11.4 Å². The minimum atomic E-state index is -0.350. The van der Waals surface area contributed by atoms with Crippen LogP contribution >= 0.6 is 11.6 Å². The van der Waals surface area contributed by atoms with Crippen LogP contribution in [0, 0.1) is 16.0 Å². The van der Waals surface area contributed by atoms with Gasteiger partial charge in [-0.3, -0.25) is 10.1 Å². The van der Waals surface area contributed by atoms with Gasteiger partial charge in [0.15, 0.2) is 0 Å². The quantitative estimate of drug-likeness (QED) is 0.476.